The second-order valence-corrected chi connectivity index (χ2v) is 5.58. The number of benzene rings is 1. The van der Waals surface area contributed by atoms with Crippen LogP contribution in [0.4, 0.5) is 0 Å². The Hall–Kier alpha value is -0.510. The Balaban J connectivity index is 2.05. The molecule has 2 nitrogen and oxygen atoms in total. The van der Waals surface area contributed by atoms with Gasteiger partial charge < -0.3 is 10.1 Å². The number of para-hydroxylation sites is 1. The predicted molar refractivity (Wildman–Crippen MR) is 74.5 cm³/mol. The van der Waals surface area contributed by atoms with Crippen molar-refractivity contribution in [1.82, 2.24) is 5.32 Å². The first-order chi connectivity index (χ1) is 8.16. The van der Waals surface area contributed by atoms with Crippen molar-refractivity contribution in [3.63, 3.8) is 0 Å². The molecule has 1 aliphatic carbocycles. The highest BCUT2D eigenvalue weighted by atomic mass is 79.9. The van der Waals surface area contributed by atoms with E-state index in [4.69, 9.17) is 16.3 Å². The monoisotopic (exact) mass is 315 g/mol. The first-order valence-electron chi connectivity index (χ1n) is 5.63. The summed E-state index contributed by atoms with van der Waals surface area (Å²) in [6.45, 7) is 4.78. The smallest absolute Gasteiger partial charge is 0.138 e. The lowest BCUT2D eigenvalue weighted by molar-refractivity contribution is 0.352. The molecule has 0 aromatic heterocycles. The number of hydrogen-bond donors (Lipinski definition) is 1. The normalized spacial score (nSPS) is 14.7. The van der Waals surface area contributed by atoms with E-state index in [2.05, 4.69) is 33.9 Å². The lowest BCUT2D eigenvalue weighted by Gasteiger charge is -2.13. The van der Waals surface area contributed by atoms with Crippen LogP contribution < -0.4 is 10.1 Å². The Morgan fingerprint density at radius 1 is 1.53 bits per heavy atom. The van der Waals surface area contributed by atoms with Gasteiger partial charge in [0.1, 0.15) is 12.4 Å². The van der Waals surface area contributed by atoms with Gasteiger partial charge in [-0.15, -0.1) is 0 Å². The van der Waals surface area contributed by atoms with Crippen molar-refractivity contribution in [3.05, 3.63) is 39.8 Å². The van der Waals surface area contributed by atoms with E-state index < -0.39 is 0 Å². The second-order valence-electron chi connectivity index (χ2n) is 4.19. The van der Waals surface area contributed by atoms with Crippen LogP contribution in [0.15, 0.2) is 34.3 Å². The average Bonchev–Trinajstić information content (AvgIpc) is 3.08. The molecule has 1 aliphatic rings. The van der Waals surface area contributed by atoms with Gasteiger partial charge in [-0.05, 0) is 34.8 Å². The van der Waals surface area contributed by atoms with Crippen molar-refractivity contribution in [1.29, 1.82) is 0 Å². The molecule has 1 N–H and O–H groups in total. The van der Waals surface area contributed by atoms with Gasteiger partial charge in [-0.3, -0.25) is 0 Å². The molecule has 2 rings (SSSR count). The molecule has 92 valence electrons. The fourth-order valence-electron chi connectivity index (χ4n) is 1.55. The van der Waals surface area contributed by atoms with E-state index in [9.17, 15) is 0 Å². The Labute approximate surface area is 115 Å². The Morgan fingerprint density at radius 3 is 2.94 bits per heavy atom. The Bertz CT molecular complexity index is 418. The molecule has 1 fully saturated rings. The summed E-state index contributed by atoms with van der Waals surface area (Å²) in [5.74, 6) is 0.849. The van der Waals surface area contributed by atoms with Crippen molar-refractivity contribution in [2.24, 2.45) is 0 Å². The number of hydrogen-bond acceptors (Lipinski definition) is 2. The molecule has 0 amide bonds. The summed E-state index contributed by atoms with van der Waals surface area (Å²) in [7, 11) is 0. The molecule has 4 heteroatoms. The molecule has 0 aliphatic heterocycles. The average molecular weight is 317 g/mol. The highest BCUT2D eigenvalue weighted by Crippen LogP contribution is 2.30. The topological polar surface area (TPSA) is 21.3 Å². The molecule has 0 bridgehead atoms. The zero-order valence-corrected chi connectivity index (χ0v) is 11.9. The molecule has 0 spiro atoms. The molecule has 17 heavy (non-hydrogen) atoms. The molecule has 0 atom stereocenters. The SMILES string of the molecule is C=C(Cl)COc1c(Br)cccc1CNC1CC1. The van der Waals surface area contributed by atoms with Gasteiger partial charge in [0.05, 0.1) is 4.47 Å². The number of rotatable bonds is 6. The van der Waals surface area contributed by atoms with E-state index in [0.29, 0.717) is 17.7 Å². The highest BCUT2D eigenvalue weighted by Gasteiger charge is 2.20. The maximum absolute atomic E-state index is 5.72. The zero-order valence-electron chi connectivity index (χ0n) is 9.51. The molecule has 1 aromatic rings. The van der Waals surface area contributed by atoms with Crippen LogP contribution in [0.25, 0.3) is 0 Å². The summed E-state index contributed by atoms with van der Waals surface area (Å²) in [5, 5.41) is 3.97. The van der Waals surface area contributed by atoms with Crippen LogP contribution in [0.2, 0.25) is 0 Å². The summed E-state index contributed by atoms with van der Waals surface area (Å²) in [5.41, 5.74) is 1.14. The van der Waals surface area contributed by atoms with Gasteiger partial charge in [-0.25, -0.2) is 0 Å². The minimum atomic E-state index is 0.334. The minimum absolute atomic E-state index is 0.334. The van der Waals surface area contributed by atoms with Gasteiger partial charge >= 0.3 is 0 Å². The van der Waals surface area contributed by atoms with Crippen molar-refractivity contribution in [2.75, 3.05) is 6.61 Å². The molecular formula is C13H15BrClNO. The van der Waals surface area contributed by atoms with Crippen LogP contribution in [0, 0.1) is 0 Å². The molecule has 0 radical (unpaired) electrons. The second kappa shape index (κ2) is 5.89. The first-order valence-corrected chi connectivity index (χ1v) is 6.81. The number of halogens is 2. The Kier molecular flexibility index (Phi) is 4.48. The summed E-state index contributed by atoms with van der Waals surface area (Å²) >= 11 is 9.21. The van der Waals surface area contributed by atoms with Crippen molar-refractivity contribution < 1.29 is 4.74 Å². The lowest BCUT2D eigenvalue weighted by atomic mass is 10.2. The van der Waals surface area contributed by atoms with Gasteiger partial charge in [0.2, 0.25) is 0 Å². The van der Waals surface area contributed by atoms with Crippen LogP contribution in [0.1, 0.15) is 18.4 Å². The Morgan fingerprint density at radius 2 is 2.29 bits per heavy atom. The maximum atomic E-state index is 5.72. The van der Waals surface area contributed by atoms with Crippen LogP contribution in [-0.4, -0.2) is 12.6 Å². The van der Waals surface area contributed by atoms with Gasteiger partial charge in [-0.1, -0.05) is 30.3 Å². The summed E-state index contributed by atoms with van der Waals surface area (Å²) < 4.78 is 6.61. The van der Waals surface area contributed by atoms with E-state index in [-0.39, 0.29) is 0 Å². The summed E-state index contributed by atoms with van der Waals surface area (Å²) in [6.07, 6.45) is 2.56. The third kappa shape index (κ3) is 4.02. The fourth-order valence-corrected chi connectivity index (χ4v) is 2.12. The van der Waals surface area contributed by atoms with E-state index in [1.165, 1.54) is 12.8 Å². The van der Waals surface area contributed by atoms with Gasteiger partial charge in [-0.2, -0.15) is 0 Å². The van der Waals surface area contributed by atoms with Gasteiger partial charge in [0.25, 0.3) is 0 Å². The van der Waals surface area contributed by atoms with Crippen LogP contribution in [0.3, 0.4) is 0 Å². The third-order valence-electron chi connectivity index (χ3n) is 2.58. The van der Waals surface area contributed by atoms with Crippen molar-refractivity contribution >= 4 is 27.5 Å². The molecule has 0 unspecified atom stereocenters. The maximum Gasteiger partial charge on any atom is 0.138 e. The van der Waals surface area contributed by atoms with Crippen LogP contribution in [0.5, 0.6) is 5.75 Å². The van der Waals surface area contributed by atoms with E-state index in [0.717, 1.165) is 22.3 Å². The number of ether oxygens (including phenoxy) is 1. The molecule has 0 saturated heterocycles. The lowest BCUT2D eigenvalue weighted by Crippen LogP contribution is -2.16. The van der Waals surface area contributed by atoms with Crippen molar-refractivity contribution in [2.45, 2.75) is 25.4 Å². The summed E-state index contributed by atoms with van der Waals surface area (Å²) in [6, 6.07) is 6.72. The van der Waals surface area contributed by atoms with Gasteiger partial charge in [0.15, 0.2) is 0 Å². The molecular weight excluding hydrogens is 302 g/mol. The van der Waals surface area contributed by atoms with Crippen LogP contribution >= 0.6 is 27.5 Å². The fraction of sp³-hybridized carbons (Fsp3) is 0.385. The van der Waals surface area contributed by atoms with Crippen LogP contribution in [-0.2, 0) is 6.54 Å². The molecule has 0 heterocycles. The largest absolute Gasteiger partial charge is 0.486 e. The summed E-state index contributed by atoms with van der Waals surface area (Å²) in [4.78, 5) is 0. The van der Waals surface area contributed by atoms with E-state index in [1.807, 2.05) is 12.1 Å². The zero-order chi connectivity index (χ0) is 12.3. The standard InChI is InChI=1S/C13H15BrClNO/c1-9(15)8-17-13-10(3-2-4-12(13)14)7-16-11-5-6-11/h2-4,11,16H,1,5-8H2. The van der Waals surface area contributed by atoms with E-state index >= 15 is 0 Å². The third-order valence-corrected chi connectivity index (χ3v) is 3.31. The highest BCUT2D eigenvalue weighted by molar-refractivity contribution is 9.10. The van der Waals surface area contributed by atoms with Gasteiger partial charge in [0, 0.05) is 23.2 Å². The predicted octanol–water partition coefficient (Wildman–Crippen LogP) is 3.83. The quantitative estimate of drug-likeness (QED) is 0.861. The van der Waals surface area contributed by atoms with Crippen molar-refractivity contribution in [3.8, 4) is 5.75 Å². The first kappa shape index (κ1) is 12.9. The minimum Gasteiger partial charge on any atom is -0.486 e. The molecule has 1 saturated carbocycles. The number of nitrogens with one attached hydrogen (secondary N) is 1. The van der Waals surface area contributed by atoms with E-state index in [1.54, 1.807) is 0 Å². The molecule has 1 aromatic carbocycles.